The van der Waals surface area contributed by atoms with Crippen LogP contribution in [0.5, 0.6) is 0 Å². The normalized spacial score (nSPS) is 22.9. The minimum Gasteiger partial charge on any atom is -0.376 e. The fourth-order valence-electron chi connectivity index (χ4n) is 4.77. The number of rotatable bonds is 5. The third-order valence-corrected chi connectivity index (χ3v) is 6.80. The Labute approximate surface area is 192 Å². The highest BCUT2D eigenvalue weighted by Gasteiger charge is 2.47. The third-order valence-electron chi connectivity index (χ3n) is 6.57. The summed E-state index contributed by atoms with van der Waals surface area (Å²) < 4.78 is 7.64. The second-order valence-corrected chi connectivity index (χ2v) is 9.25. The van der Waals surface area contributed by atoms with Crippen LogP contribution in [-0.2, 0) is 22.6 Å². The van der Waals surface area contributed by atoms with Crippen molar-refractivity contribution < 1.29 is 14.3 Å². The molecule has 0 spiro atoms. The first-order valence-corrected chi connectivity index (χ1v) is 11.4. The van der Waals surface area contributed by atoms with Crippen LogP contribution in [0.15, 0.2) is 54.6 Å². The number of hydrogen-bond donors (Lipinski definition) is 1. The van der Waals surface area contributed by atoms with E-state index in [1.165, 1.54) is 0 Å². The van der Waals surface area contributed by atoms with Crippen LogP contribution in [-0.4, -0.2) is 46.1 Å². The van der Waals surface area contributed by atoms with E-state index < -0.39 is 5.54 Å². The molecule has 2 atom stereocenters. The molecule has 0 radical (unpaired) electrons. The van der Waals surface area contributed by atoms with E-state index in [2.05, 4.69) is 5.32 Å². The summed E-state index contributed by atoms with van der Waals surface area (Å²) in [4.78, 5) is 29.0. The summed E-state index contributed by atoms with van der Waals surface area (Å²) in [6.45, 7) is 3.70. The molecule has 1 aromatic heterocycles. The molecule has 1 saturated heterocycles. The van der Waals surface area contributed by atoms with Gasteiger partial charge in [-0.05, 0) is 49.6 Å². The number of fused-ring (bicyclic) bond motifs is 3. The highest BCUT2D eigenvalue weighted by molar-refractivity contribution is 6.30. The predicted molar refractivity (Wildman–Crippen MR) is 124 cm³/mol. The summed E-state index contributed by atoms with van der Waals surface area (Å²) >= 11 is 6.19. The molecule has 2 aliphatic rings. The minimum atomic E-state index is -1.06. The van der Waals surface area contributed by atoms with Crippen LogP contribution in [0.4, 0.5) is 0 Å². The first-order valence-electron chi connectivity index (χ1n) is 11.0. The number of aromatic nitrogens is 1. The van der Waals surface area contributed by atoms with Crippen LogP contribution in [0.25, 0.3) is 10.9 Å². The zero-order valence-electron chi connectivity index (χ0n) is 18.0. The number of benzene rings is 2. The van der Waals surface area contributed by atoms with Crippen LogP contribution in [0.2, 0.25) is 5.02 Å². The SMILES string of the molecule is CC1(C(=O)NCC2CCCO2)Cn2c(cc3ccccc32)C(=O)N1Cc1cccc(Cl)c1. The van der Waals surface area contributed by atoms with Crippen LogP contribution in [0.3, 0.4) is 0 Å². The van der Waals surface area contributed by atoms with E-state index in [1.54, 1.807) is 11.0 Å². The predicted octanol–water partition coefficient (Wildman–Crippen LogP) is 4.00. The number of nitrogens with one attached hydrogen (secondary N) is 1. The Kier molecular flexibility index (Phi) is 5.43. The zero-order valence-corrected chi connectivity index (χ0v) is 18.8. The number of para-hydroxylation sites is 1. The summed E-state index contributed by atoms with van der Waals surface area (Å²) in [5.41, 5.74) is 1.37. The van der Waals surface area contributed by atoms with Crippen molar-refractivity contribution >= 4 is 34.3 Å². The number of nitrogens with zero attached hydrogens (tertiary/aromatic N) is 2. The summed E-state index contributed by atoms with van der Waals surface area (Å²) in [7, 11) is 0. The Morgan fingerprint density at radius 3 is 2.84 bits per heavy atom. The standard InChI is InChI=1S/C25H26ClN3O3/c1-25(24(31)27-14-20-9-5-11-32-20)16-28-21-10-3-2-7-18(21)13-22(28)23(30)29(25)15-17-6-4-8-19(26)12-17/h2-4,6-8,10,12-13,20H,5,9,11,14-16H2,1H3,(H,27,31). The lowest BCUT2D eigenvalue weighted by molar-refractivity contribution is -0.133. The Hall–Kier alpha value is -2.83. The second-order valence-electron chi connectivity index (χ2n) is 8.81. The lowest BCUT2D eigenvalue weighted by Gasteiger charge is -2.44. The molecule has 166 valence electrons. The Morgan fingerprint density at radius 1 is 1.22 bits per heavy atom. The number of carbonyl (C=O) groups is 2. The smallest absolute Gasteiger partial charge is 0.271 e. The summed E-state index contributed by atoms with van der Waals surface area (Å²) in [6, 6.07) is 17.2. The van der Waals surface area contributed by atoms with Crippen molar-refractivity contribution in [1.82, 2.24) is 14.8 Å². The fourth-order valence-corrected chi connectivity index (χ4v) is 4.99. The van der Waals surface area contributed by atoms with Crippen molar-refractivity contribution in [1.29, 1.82) is 0 Å². The molecule has 0 bridgehead atoms. The van der Waals surface area contributed by atoms with Crippen molar-refractivity contribution in [3.63, 3.8) is 0 Å². The largest absolute Gasteiger partial charge is 0.376 e. The molecule has 2 aliphatic heterocycles. The van der Waals surface area contributed by atoms with Gasteiger partial charge >= 0.3 is 0 Å². The van der Waals surface area contributed by atoms with Crippen LogP contribution >= 0.6 is 11.6 Å². The van der Waals surface area contributed by atoms with Gasteiger partial charge in [-0.25, -0.2) is 0 Å². The number of hydrogen-bond acceptors (Lipinski definition) is 3. The first-order chi connectivity index (χ1) is 15.5. The zero-order chi connectivity index (χ0) is 22.3. The van der Waals surface area contributed by atoms with Gasteiger partial charge in [0.1, 0.15) is 11.2 Å². The Bertz CT molecular complexity index is 1180. The minimum absolute atomic E-state index is 0.0335. The van der Waals surface area contributed by atoms with E-state index >= 15 is 0 Å². The van der Waals surface area contributed by atoms with Gasteiger partial charge in [0.25, 0.3) is 5.91 Å². The number of halogens is 1. The third kappa shape index (κ3) is 3.67. The molecule has 6 nitrogen and oxygen atoms in total. The maximum atomic E-state index is 13.7. The molecule has 32 heavy (non-hydrogen) atoms. The van der Waals surface area contributed by atoms with Crippen molar-refractivity contribution in [2.75, 3.05) is 13.2 Å². The molecule has 5 rings (SSSR count). The first kappa shape index (κ1) is 21.0. The van der Waals surface area contributed by atoms with Crippen molar-refractivity contribution in [3.8, 4) is 0 Å². The molecule has 7 heteroatoms. The molecule has 3 heterocycles. The number of carbonyl (C=O) groups excluding carboxylic acids is 2. The molecular formula is C25H26ClN3O3. The van der Waals surface area contributed by atoms with Crippen LogP contribution < -0.4 is 5.32 Å². The molecule has 3 aromatic rings. The molecule has 0 saturated carbocycles. The highest BCUT2D eigenvalue weighted by Crippen LogP contribution is 2.33. The topological polar surface area (TPSA) is 63.6 Å². The molecule has 1 N–H and O–H groups in total. The summed E-state index contributed by atoms with van der Waals surface area (Å²) in [5, 5.41) is 4.65. The lowest BCUT2D eigenvalue weighted by Crippen LogP contribution is -2.64. The van der Waals surface area contributed by atoms with Crippen molar-refractivity contribution in [3.05, 3.63) is 70.9 Å². The van der Waals surface area contributed by atoms with Crippen molar-refractivity contribution in [2.45, 2.75) is 44.5 Å². The maximum absolute atomic E-state index is 13.7. The van der Waals surface area contributed by atoms with E-state index in [4.69, 9.17) is 16.3 Å². The summed E-state index contributed by atoms with van der Waals surface area (Å²) in [6.07, 6.45) is 1.98. The van der Waals surface area contributed by atoms with Crippen LogP contribution in [0, 0.1) is 0 Å². The monoisotopic (exact) mass is 451 g/mol. The average Bonchev–Trinajstić information content (AvgIpc) is 3.43. The van der Waals surface area contributed by atoms with E-state index in [0.29, 0.717) is 30.4 Å². The van der Waals surface area contributed by atoms with Crippen LogP contribution in [0.1, 0.15) is 35.8 Å². The molecule has 0 aliphatic carbocycles. The molecule has 2 amide bonds. The average molecular weight is 452 g/mol. The van der Waals surface area contributed by atoms with Crippen molar-refractivity contribution in [2.24, 2.45) is 0 Å². The van der Waals surface area contributed by atoms with E-state index in [9.17, 15) is 9.59 Å². The van der Waals surface area contributed by atoms with Gasteiger partial charge in [-0.2, -0.15) is 0 Å². The van der Waals surface area contributed by atoms with E-state index in [0.717, 1.165) is 35.9 Å². The lowest BCUT2D eigenvalue weighted by atomic mass is 9.93. The molecule has 2 unspecified atom stereocenters. The highest BCUT2D eigenvalue weighted by atomic mass is 35.5. The fraction of sp³-hybridized carbons (Fsp3) is 0.360. The summed E-state index contributed by atoms with van der Waals surface area (Å²) in [5.74, 6) is -0.339. The van der Waals surface area contributed by atoms with Gasteiger partial charge in [0.15, 0.2) is 0 Å². The number of ether oxygens (including phenoxy) is 1. The van der Waals surface area contributed by atoms with Gasteiger partial charge in [0.2, 0.25) is 5.91 Å². The Morgan fingerprint density at radius 2 is 2.06 bits per heavy atom. The van der Waals surface area contributed by atoms with Gasteiger partial charge in [-0.15, -0.1) is 0 Å². The van der Waals surface area contributed by atoms with Gasteiger partial charge in [0, 0.05) is 35.6 Å². The molecular weight excluding hydrogens is 426 g/mol. The van der Waals surface area contributed by atoms with Gasteiger partial charge in [-0.1, -0.05) is 41.9 Å². The Balaban J connectivity index is 1.52. The van der Waals surface area contributed by atoms with Gasteiger partial charge in [0.05, 0.1) is 12.6 Å². The quantitative estimate of drug-likeness (QED) is 0.637. The van der Waals surface area contributed by atoms with E-state index in [1.807, 2.05) is 60.0 Å². The number of amides is 2. The van der Waals surface area contributed by atoms with Gasteiger partial charge in [-0.3, -0.25) is 9.59 Å². The second kappa shape index (κ2) is 8.26. The molecule has 2 aromatic carbocycles. The van der Waals surface area contributed by atoms with Gasteiger partial charge < -0.3 is 19.5 Å². The maximum Gasteiger partial charge on any atom is 0.271 e. The molecule has 1 fully saturated rings. The van der Waals surface area contributed by atoms with E-state index in [-0.39, 0.29) is 17.9 Å².